The molecule has 0 aliphatic carbocycles. The fourth-order valence-electron chi connectivity index (χ4n) is 2.57. The van der Waals surface area contributed by atoms with Crippen molar-refractivity contribution in [2.24, 2.45) is 0 Å². The van der Waals surface area contributed by atoms with Crippen molar-refractivity contribution in [3.63, 3.8) is 0 Å². The van der Waals surface area contributed by atoms with E-state index >= 15 is 0 Å². The minimum atomic E-state index is -0.589. The smallest absolute Gasteiger partial charge is 0.154 e. The summed E-state index contributed by atoms with van der Waals surface area (Å²) in [5, 5.41) is 7.41. The number of anilines is 1. The lowest BCUT2D eigenvalue weighted by Crippen LogP contribution is -2.07. The standard InChI is InChI=1S/C18H13F2N5/c19-14-2-1-3-15(20)13(14)10-22-17-4-5-18-23-11-16(25(18)24-17)12-6-8-21-9-7-12/h1-9,11H,10H2,(H,22,24). The number of nitrogens with one attached hydrogen (secondary N) is 1. The van der Waals surface area contributed by atoms with E-state index in [9.17, 15) is 8.78 Å². The SMILES string of the molecule is Fc1cccc(F)c1CNc1ccc2ncc(-c3ccncc3)n2n1. The summed E-state index contributed by atoms with van der Waals surface area (Å²) >= 11 is 0. The zero-order valence-electron chi connectivity index (χ0n) is 13.0. The van der Waals surface area contributed by atoms with Gasteiger partial charge in [-0.15, -0.1) is 5.10 Å². The molecule has 1 aromatic carbocycles. The second kappa shape index (κ2) is 6.27. The Hall–Kier alpha value is -3.35. The van der Waals surface area contributed by atoms with Crippen LogP contribution in [0.4, 0.5) is 14.6 Å². The van der Waals surface area contributed by atoms with E-state index < -0.39 is 11.6 Å². The van der Waals surface area contributed by atoms with E-state index in [1.54, 1.807) is 35.2 Å². The summed E-state index contributed by atoms with van der Waals surface area (Å²) in [5.74, 6) is -0.689. The third kappa shape index (κ3) is 2.91. The van der Waals surface area contributed by atoms with Gasteiger partial charge < -0.3 is 5.32 Å². The highest BCUT2D eigenvalue weighted by Gasteiger charge is 2.10. The Balaban J connectivity index is 1.65. The van der Waals surface area contributed by atoms with Crippen LogP contribution in [0.1, 0.15) is 5.56 Å². The molecule has 0 radical (unpaired) electrons. The van der Waals surface area contributed by atoms with E-state index in [2.05, 4.69) is 20.4 Å². The second-order valence-corrected chi connectivity index (χ2v) is 5.42. The Bertz CT molecular complexity index is 1010. The van der Waals surface area contributed by atoms with Gasteiger partial charge in [-0.05, 0) is 36.4 Å². The van der Waals surface area contributed by atoms with E-state index in [1.807, 2.05) is 12.1 Å². The van der Waals surface area contributed by atoms with E-state index in [1.165, 1.54) is 18.2 Å². The Labute approximate surface area is 142 Å². The normalized spacial score (nSPS) is 11.0. The van der Waals surface area contributed by atoms with Crippen molar-refractivity contribution in [1.29, 1.82) is 0 Å². The second-order valence-electron chi connectivity index (χ2n) is 5.42. The first-order valence-corrected chi connectivity index (χ1v) is 7.64. The average Bonchev–Trinajstić information content (AvgIpc) is 3.05. The van der Waals surface area contributed by atoms with Gasteiger partial charge in [0.1, 0.15) is 17.5 Å². The third-order valence-electron chi connectivity index (χ3n) is 3.85. The predicted molar refractivity (Wildman–Crippen MR) is 89.9 cm³/mol. The van der Waals surface area contributed by atoms with Crippen LogP contribution in [0.15, 0.2) is 61.1 Å². The third-order valence-corrected chi connectivity index (χ3v) is 3.85. The van der Waals surface area contributed by atoms with Crippen LogP contribution in [0, 0.1) is 11.6 Å². The number of pyridine rings is 1. The van der Waals surface area contributed by atoms with Gasteiger partial charge in [0, 0.05) is 30.1 Å². The van der Waals surface area contributed by atoms with Crippen molar-refractivity contribution in [3.8, 4) is 11.3 Å². The molecule has 0 fully saturated rings. The summed E-state index contributed by atoms with van der Waals surface area (Å²) in [6, 6.07) is 11.0. The molecule has 3 heterocycles. The summed E-state index contributed by atoms with van der Waals surface area (Å²) in [4.78, 5) is 8.31. The van der Waals surface area contributed by atoms with Crippen LogP contribution in [0.5, 0.6) is 0 Å². The quantitative estimate of drug-likeness (QED) is 0.617. The monoisotopic (exact) mass is 337 g/mol. The van der Waals surface area contributed by atoms with Crippen molar-refractivity contribution in [2.75, 3.05) is 5.32 Å². The molecule has 0 atom stereocenters. The molecule has 1 N–H and O–H groups in total. The Morgan fingerprint density at radius 3 is 2.48 bits per heavy atom. The maximum absolute atomic E-state index is 13.7. The molecule has 3 aromatic heterocycles. The number of hydrogen-bond acceptors (Lipinski definition) is 4. The molecule has 5 nitrogen and oxygen atoms in total. The number of benzene rings is 1. The van der Waals surface area contributed by atoms with E-state index in [0.717, 1.165) is 11.3 Å². The van der Waals surface area contributed by atoms with Gasteiger partial charge in [-0.25, -0.2) is 18.3 Å². The number of imidazole rings is 1. The summed E-state index contributed by atoms with van der Waals surface area (Å²) in [7, 11) is 0. The first-order chi connectivity index (χ1) is 12.2. The Morgan fingerprint density at radius 1 is 0.960 bits per heavy atom. The van der Waals surface area contributed by atoms with Crippen LogP contribution < -0.4 is 5.32 Å². The Morgan fingerprint density at radius 2 is 1.72 bits per heavy atom. The van der Waals surface area contributed by atoms with Crippen LogP contribution >= 0.6 is 0 Å². The van der Waals surface area contributed by atoms with Gasteiger partial charge >= 0.3 is 0 Å². The lowest BCUT2D eigenvalue weighted by Gasteiger charge is -2.08. The molecule has 4 rings (SSSR count). The number of nitrogens with zero attached hydrogens (tertiary/aromatic N) is 4. The molecule has 0 aliphatic rings. The van der Waals surface area contributed by atoms with Gasteiger partial charge in [0.15, 0.2) is 5.65 Å². The van der Waals surface area contributed by atoms with Crippen LogP contribution in [-0.2, 0) is 6.54 Å². The van der Waals surface area contributed by atoms with E-state index in [-0.39, 0.29) is 12.1 Å². The summed E-state index contributed by atoms with van der Waals surface area (Å²) in [5.41, 5.74) is 2.38. The topological polar surface area (TPSA) is 55.1 Å². The van der Waals surface area contributed by atoms with E-state index in [4.69, 9.17) is 0 Å². The molecule has 0 spiro atoms. The minimum Gasteiger partial charge on any atom is -0.364 e. The maximum atomic E-state index is 13.7. The highest BCUT2D eigenvalue weighted by molar-refractivity contribution is 5.63. The lowest BCUT2D eigenvalue weighted by atomic mass is 10.2. The van der Waals surface area contributed by atoms with Gasteiger partial charge in [0.2, 0.25) is 0 Å². The van der Waals surface area contributed by atoms with Gasteiger partial charge in [0.25, 0.3) is 0 Å². The highest BCUT2D eigenvalue weighted by Crippen LogP contribution is 2.20. The predicted octanol–water partition coefficient (Wildman–Crippen LogP) is 3.68. The number of halogens is 2. The molecule has 25 heavy (non-hydrogen) atoms. The molecule has 124 valence electrons. The molecule has 0 saturated heterocycles. The minimum absolute atomic E-state index is 0.00367. The van der Waals surface area contributed by atoms with Crippen LogP contribution in [0.3, 0.4) is 0 Å². The fraction of sp³-hybridized carbons (Fsp3) is 0.0556. The van der Waals surface area contributed by atoms with Gasteiger partial charge in [0.05, 0.1) is 11.9 Å². The Kier molecular flexibility index (Phi) is 3.81. The average molecular weight is 337 g/mol. The fourth-order valence-corrected chi connectivity index (χ4v) is 2.57. The molecule has 4 aromatic rings. The molecular weight excluding hydrogens is 324 g/mol. The lowest BCUT2D eigenvalue weighted by molar-refractivity contribution is 0.559. The summed E-state index contributed by atoms with van der Waals surface area (Å²) in [6.45, 7) is -0.00367. The zero-order valence-corrected chi connectivity index (χ0v) is 13.0. The molecule has 0 aliphatic heterocycles. The van der Waals surface area contributed by atoms with Gasteiger partial charge in [-0.1, -0.05) is 6.07 Å². The molecule has 0 unspecified atom stereocenters. The number of rotatable bonds is 4. The van der Waals surface area contributed by atoms with E-state index in [0.29, 0.717) is 11.5 Å². The molecule has 0 saturated carbocycles. The maximum Gasteiger partial charge on any atom is 0.154 e. The number of aromatic nitrogens is 4. The number of fused-ring (bicyclic) bond motifs is 1. The van der Waals surface area contributed by atoms with Crippen LogP contribution in [-0.4, -0.2) is 19.6 Å². The van der Waals surface area contributed by atoms with Gasteiger partial charge in [-0.3, -0.25) is 4.98 Å². The van der Waals surface area contributed by atoms with Crippen molar-refractivity contribution in [1.82, 2.24) is 19.6 Å². The largest absolute Gasteiger partial charge is 0.364 e. The first kappa shape index (κ1) is 15.2. The molecule has 0 amide bonds. The van der Waals surface area contributed by atoms with Crippen LogP contribution in [0.2, 0.25) is 0 Å². The van der Waals surface area contributed by atoms with Crippen molar-refractivity contribution < 1.29 is 8.78 Å². The summed E-state index contributed by atoms with van der Waals surface area (Å²) in [6.07, 6.45) is 5.10. The zero-order chi connectivity index (χ0) is 17.2. The molecular formula is C18H13F2N5. The van der Waals surface area contributed by atoms with Crippen molar-refractivity contribution in [3.05, 3.63) is 78.3 Å². The number of hydrogen-bond donors (Lipinski definition) is 1. The first-order valence-electron chi connectivity index (χ1n) is 7.64. The molecule has 0 bridgehead atoms. The van der Waals surface area contributed by atoms with Crippen molar-refractivity contribution in [2.45, 2.75) is 6.54 Å². The van der Waals surface area contributed by atoms with Crippen LogP contribution in [0.25, 0.3) is 16.9 Å². The summed E-state index contributed by atoms with van der Waals surface area (Å²) < 4.78 is 29.1. The molecule has 7 heteroatoms. The highest BCUT2D eigenvalue weighted by atomic mass is 19.1. The van der Waals surface area contributed by atoms with Gasteiger partial charge in [-0.2, -0.15) is 0 Å². The van der Waals surface area contributed by atoms with Crippen molar-refractivity contribution >= 4 is 11.5 Å².